The van der Waals surface area contributed by atoms with Gasteiger partial charge in [-0.15, -0.1) is 0 Å². The monoisotopic (exact) mass is 314 g/mol. The zero-order valence-corrected chi connectivity index (χ0v) is 13.8. The highest BCUT2D eigenvalue weighted by Crippen LogP contribution is 2.36. The first-order chi connectivity index (χ1) is 11.2. The van der Waals surface area contributed by atoms with Crippen LogP contribution in [0.5, 0.6) is 17.2 Å². The van der Waals surface area contributed by atoms with Crippen molar-refractivity contribution >= 4 is 5.78 Å². The van der Waals surface area contributed by atoms with Gasteiger partial charge in [0.15, 0.2) is 17.3 Å². The summed E-state index contributed by atoms with van der Waals surface area (Å²) in [5, 5.41) is 0. The number of benzene rings is 2. The molecule has 0 bridgehead atoms. The molecule has 23 heavy (non-hydrogen) atoms. The molecule has 4 nitrogen and oxygen atoms in total. The SMILES string of the molecule is CCOc1cc(OCC)c(C(=O)c2ccccc2)cc1OCC. The minimum Gasteiger partial charge on any atom is -0.493 e. The van der Waals surface area contributed by atoms with E-state index in [1.165, 1.54) is 0 Å². The summed E-state index contributed by atoms with van der Waals surface area (Å²) in [5.74, 6) is 1.55. The van der Waals surface area contributed by atoms with Gasteiger partial charge in [-0.3, -0.25) is 4.79 Å². The van der Waals surface area contributed by atoms with E-state index in [0.717, 1.165) is 0 Å². The number of rotatable bonds is 8. The first-order valence-electron chi connectivity index (χ1n) is 7.87. The average Bonchev–Trinajstić information content (AvgIpc) is 2.58. The highest BCUT2D eigenvalue weighted by molar-refractivity contribution is 6.11. The van der Waals surface area contributed by atoms with Gasteiger partial charge in [0.05, 0.1) is 25.4 Å². The summed E-state index contributed by atoms with van der Waals surface area (Å²) < 4.78 is 16.9. The molecule has 0 saturated carbocycles. The average molecular weight is 314 g/mol. The quantitative estimate of drug-likeness (QED) is 0.688. The highest BCUT2D eigenvalue weighted by atomic mass is 16.5. The number of carbonyl (C=O) groups excluding carboxylic acids is 1. The number of carbonyl (C=O) groups is 1. The number of ketones is 1. The van der Waals surface area contributed by atoms with Gasteiger partial charge in [0.2, 0.25) is 0 Å². The molecule has 122 valence electrons. The van der Waals surface area contributed by atoms with Gasteiger partial charge in [0, 0.05) is 11.6 Å². The Morgan fingerprint density at radius 3 is 1.87 bits per heavy atom. The molecule has 0 N–H and O–H groups in total. The van der Waals surface area contributed by atoms with Gasteiger partial charge >= 0.3 is 0 Å². The third-order valence-electron chi connectivity index (χ3n) is 3.23. The van der Waals surface area contributed by atoms with Gasteiger partial charge in [-0.1, -0.05) is 30.3 Å². The van der Waals surface area contributed by atoms with Gasteiger partial charge in [0.1, 0.15) is 5.75 Å². The summed E-state index contributed by atoms with van der Waals surface area (Å²) in [7, 11) is 0. The van der Waals surface area contributed by atoms with Gasteiger partial charge in [0.25, 0.3) is 0 Å². The fourth-order valence-electron chi connectivity index (χ4n) is 2.28. The van der Waals surface area contributed by atoms with Crippen molar-refractivity contribution in [2.75, 3.05) is 19.8 Å². The van der Waals surface area contributed by atoms with Crippen molar-refractivity contribution in [1.29, 1.82) is 0 Å². The van der Waals surface area contributed by atoms with Crippen LogP contribution in [0.1, 0.15) is 36.7 Å². The topological polar surface area (TPSA) is 44.8 Å². The smallest absolute Gasteiger partial charge is 0.196 e. The molecule has 0 atom stereocenters. The lowest BCUT2D eigenvalue weighted by Crippen LogP contribution is -2.08. The van der Waals surface area contributed by atoms with Crippen molar-refractivity contribution in [1.82, 2.24) is 0 Å². The summed E-state index contributed by atoms with van der Waals surface area (Å²) in [6, 6.07) is 12.6. The minimum absolute atomic E-state index is 0.0990. The molecule has 0 spiro atoms. The van der Waals surface area contributed by atoms with Crippen LogP contribution >= 0.6 is 0 Å². The lowest BCUT2D eigenvalue weighted by atomic mass is 10.0. The molecule has 2 aromatic carbocycles. The minimum atomic E-state index is -0.0990. The number of hydrogen-bond donors (Lipinski definition) is 0. The summed E-state index contributed by atoms with van der Waals surface area (Å²) in [6.45, 7) is 7.15. The van der Waals surface area contributed by atoms with E-state index in [0.29, 0.717) is 48.2 Å². The molecule has 0 aliphatic carbocycles. The van der Waals surface area contributed by atoms with E-state index >= 15 is 0 Å². The fourth-order valence-corrected chi connectivity index (χ4v) is 2.28. The Morgan fingerprint density at radius 2 is 1.30 bits per heavy atom. The fraction of sp³-hybridized carbons (Fsp3) is 0.316. The molecule has 0 unspecified atom stereocenters. The van der Waals surface area contributed by atoms with Crippen molar-refractivity contribution in [2.24, 2.45) is 0 Å². The standard InChI is InChI=1S/C19H22O4/c1-4-21-16-13-18(23-6-3)17(22-5-2)12-15(16)19(20)14-10-8-7-9-11-14/h7-13H,4-6H2,1-3H3. The Balaban J connectivity index is 2.51. The molecular formula is C19H22O4. The summed E-state index contributed by atoms with van der Waals surface area (Å²) in [5.41, 5.74) is 1.09. The van der Waals surface area contributed by atoms with Crippen molar-refractivity contribution in [3.8, 4) is 17.2 Å². The molecule has 0 radical (unpaired) electrons. The van der Waals surface area contributed by atoms with Crippen molar-refractivity contribution < 1.29 is 19.0 Å². The Hall–Kier alpha value is -2.49. The van der Waals surface area contributed by atoms with E-state index in [2.05, 4.69) is 0 Å². The van der Waals surface area contributed by atoms with Crippen molar-refractivity contribution in [2.45, 2.75) is 20.8 Å². The Kier molecular flexibility index (Phi) is 6.03. The molecule has 0 saturated heterocycles. The number of ether oxygens (including phenoxy) is 3. The van der Waals surface area contributed by atoms with Crippen LogP contribution in [0.25, 0.3) is 0 Å². The van der Waals surface area contributed by atoms with Crippen LogP contribution in [0, 0.1) is 0 Å². The maximum atomic E-state index is 12.8. The Morgan fingerprint density at radius 1 is 0.783 bits per heavy atom. The predicted molar refractivity (Wildman–Crippen MR) is 89.8 cm³/mol. The van der Waals surface area contributed by atoms with Crippen LogP contribution < -0.4 is 14.2 Å². The Labute approximate surface area is 137 Å². The van der Waals surface area contributed by atoms with Gasteiger partial charge in [-0.25, -0.2) is 0 Å². The lowest BCUT2D eigenvalue weighted by molar-refractivity contribution is 0.103. The summed E-state index contributed by atoms with van der Waals surface area (Å²) in [6.07, 6.45) is 0. The van der Waals surface area contributed by atoms with E-state index in [1.807, 2.05) is 39.0 Å². The molecule has 0 amide bonds. The zero-order valence-electron chi connectivity index (χ0n) is 13.8. The zero-order chi connectivity index (χ0) is 16.7. The van der Waals surface area contributed by atoms with E-state index in [9.17, 15) is 4.79 Å². The number of hydrogen-bond acceptors (Lipinski definition) is 4. The molecule has 0 fully saturated rings. The largest absolute Gasteiger partial charge is 0.493 e. The van der Waals surface area contributed by atoms with E-state index in [4.69, 9.17) is 14.2 Å². The molecule has 2 rings (SSSR count). The first-order valence-corrected chi connectivity index (χ1v) is 7.87. The molecule has 0 aromatic heterocycles. The summed E-state index contributed by atoms with van der Waals surface area (Å²) >= 11 is 0. The van der Waals surface area contributed by atoms with Crippen molar-refractivity contribution in [3.63, 3.8) is 0 Å². The molecular weight excluding hydrogens is 292 g/mol. The second-order valence-electron chi connectivity index (χ2n) is 4.79. The predicted octanol–water partition coefficient (Wildman–Crippen LogP) is 4.11. The normalized spacial score (nSPS) is 10.2. The van der Waals surface area contributed by atoms with E-state index < -0.39 is 0 Å². The van der Waals surface area contributed by atoms with E-state index in [-0.39, 0.29) is 5.78 Å². The maximum Gasteiger partial charge on any atom is 0.196 e. The molecule has 4 heteroatoms. The molecule has 2 aromatic rings. The molecule has 0 aliphatic heterocycles. The first kappa shape index (κ1) is 16.9. The second kappa shape index (κ2) is 8.22. The summed E-state index contributed by atoms with van der Waals surface area (Å²) in [4.78, 5) is 12.8. The molecule has 0 aliphatic rings. The highest BCUT2D eigenvalue weighted by Gasteiger charge is 2.19. The van der Waals surface area contributed by atoms with Crippen molar-refractivity contribution in [3.05, 3.63) is 53.6 Å². The third-order valence-corrected chi connectivity index (χ3v) is 3.23. The van der Waals surface area contributed by atoms with Crippen LogP contribution in [-0.2, 0) is 0 Å². The van der Waals surface area contributed by atoms with Crippen LogP contribution in [0.15, 0.2) is 42.5 Å². The van der Waals surface area contributed by atoms with Crippen LogP contribution in [0.2, 0.25) is 0 Å². The van der Waals surface area contributed by atoms with E-state index in [1.54, 1.807) is 24.3 Å². The van der Waals surface area contributed by atoms with Crippen LogP contribution in [0.4, 0.5) is 0 Å². The lowest BCUT2D eigenvalue weighted by Gasteiger charge is -2.16. The second-order valence-corrected chi connectivity index (χ2v) is 4.79. The molecule has 0 heterocycles. The maximum absolute atomic E-state index is 12.8. The third kappa shape index (κ3) is 4.03. The Bertz CT molecular complexity index is 650. The van der Waals surface area contributed by atoms with Crippen LogP contribution in [0.3, 0.4) is 0 Å². The van der Waals surface area contributed by atoms with Crippen LogP contribution in [-0.4, -0.2) is 25.6 Å². The van der Waals surface area contributed by atoms with Gasteiger partial charge < -0.3 is 14.2 Å². The van der Waals surface area contributed by atoms with Gasteiger partial charge in [-0.05, 0) is 26.8 Å². The van der Waals surface area contributed by atoms with Gasteiger partial charge in [-0.2, -0.15) is 0 Å².